The summed E-state index contributed by atoms with van der Waals surface area (Å²) in [5.41, 5.74) is 0.301. The number of pyridine rings is 1. The molecule has 2 N–H and O–H groups in total. The fourth-order valence-electron chi connectivity index (χ4n) is 2.47. The van der Waals surface area contributed by atoms with Gasteiger partial charge in [-0.25, -0.2) is 22.9 Å². The van der Waals surface area contributed by atoms with E-state index in [1.807, 2.05) is 0 Å². The van der Waals surface area contributed by atoms with Crippen LogP contribution in [0.4, 0.5) is 5.82 Å². The van der Waals surface area contributed by atoms with Crippen molar-refractivity contribution in [3.8, 4) is 0 Å². The summed E-state index contributed by atoms with van der Waals surface area (Å²) in [6.45, 7) is 7.77. The Balaban J connectivity index is 2.12. The summed E-state index contributed by atoms with van der Waals surface area (Å²) in [5.74, 6) is -1.42. The third kappa shape index (κ3) is 6.90. The number of benzene rings is 1. The summed E-state index contributed by atoms with van der Waals surface area (Å²) < 4.78 is 32.6. The van der Waals surface area contributed by atoms with Crippen LogP contribution in [0.3, 0.4) is 0 Å². The second-order valence-electron chi connectivity index (χ2n) is 7.84. The normalized spacial score (nSPS) is 11.8. The van der Waals surface area contributed by atoms with Gasteiger partial charge in [0.25, 0.3) is 5.91 Å². The maximum atomic E-state index is 12.5. The Hall–Kier alpha value is -2.20. The molecule has 11 heteroatoms. The molecule has 0 aliphatic heterocycles. The molecule has 8 nitrogen and oxygen atoms in total. The zero-order valence-corrected chi connectivity index (χ0v) is 20.0. The quantitative estimate of drug-likeness (QED) is 0.597. The highest BCUT2D eigenvalue weighted by molar-refractivity contribution is 7.89. The van der Waals surface area contributed by atoms with Gasteiger partial charge >= 0.3 is 5.97 Å². The molecule has 1 aromatic heterocycles. The first-order valence-corrected chi connectivity index (χ1v) is 11.4. The van der Waals surface area contributed by atoms with E-state index in [-0.39, 0.29) is 21.3 Å². The van der Waals surface area contributed by atoms with Crippen LogP contribution in [-0.4, -0.2) is 37.4 Å². The van der Waals surface area contributed by atoms with E-state index in [1.54, 1.807) is 34.6 Å². The third-order valence-electron chi connectivity index (χ3n) is 3.88. The first kappa shape index (κ1) is 25.1. The van der Waals surface area contributed by atoms with Gasteiger partial charge < -0.3 is 10.1 Å². The van der Waals surface area contributed by atoms with Crippen LogP contribution >= 0.6 is 23.2 Å². The molecule has 2 rings (SSSR count). The van der Waals surface area contributed by atoms with Crippen molar-refractivity contribution in [2.45, 2.75) is 45.1 Å². The molecule has 0 saturated heterocycles. The van der Waals surface area contributed by atoms with E-state index in [0.717, 1.165) is 0 Å². The van der Waals surface area contributed by atoms with Gasteiger partial charge in [0.05, 0.1) is 26.2 Å². The minimum absolute atomic E-state index is 0.0306. The molecular weight excluding hydrogens is 465 g/mol. The summed E-state index contributed by atoms with van der Waals surface area (Å²) >= 11 is 11.9. The molecule has 0 unspecified atom stereocenters. The molecule has 168 valence electrons. The Morgan fingerprint density at radius 3 is 2.35 bits per heavy atom. The Morgan fingerprint density at radius 1 is 1.10 bits per heavy atom. The zero-order chi connectivity index (χ0) is 23.6. The second-order valence-corrected chi connectivity index (χ2v) is 10.3. The molecule has 31 heavy (non-hydrogen) atoms. The van der Waals surface area contributed by atoms with Crippen molar-refractivity contribution >= 4 is 50.9 Å². The number of rotatable bonds is 6. The molecule has 0 atom stereocenters. The number of ether oxygens (including phenoxy) is 1. The summed E-state index contributed by atoms with van der Waals surface area (Å²) in [6, 6.07) is 5.54. The van der Waals surface area contributed by atoms with Gasteiger partial charge in [0.15, 0.2) is 12.4 Å². The van der Waals surface area contributed by atoms with Crippen LogP contribution in [0.5, 0.6) is 0 Å². The van der Waals surface area contributed by atoms with Gasteiger partial charge in [-0.15, -0.1) is 0 Å². The first-order valence-electron chi connectivity index (χ1n) is 9.14. The van der Waals surface area contributed by atoms with Crippen molar-refractivity contribution in [3.05, 3.63) is 51.1 Å². The van der Waals surface area contributed by atoms with Crippen molar-refractivity contribution in [1.82, 2.24) is 9.71 Å². The lowest BCUT2D eigenvalue weighted by atomic mass is 10.1. The number of aromatic nitrogens is 1. The van der Waals surface area contributed by atoms with Crippen LogP contribution < -0.4 is 10.0 Å². The van der Waals surface area contributed by atoms with Gasteiger partial charge in [0.1, 0.15) is 0 Å². The molecule has 0 fully saturated rings. The number of sulfonamides is 1. The first-order chi connectivity index (χ1) is 14.2. The Morgan fingerprint density at radius 2 is 1.74 bits per heavy atom. The van der Waals surface area contributed by atoms with E-state index < -0.39 is 34.0 Å². The molecule has 0 aliphatic rings. The summed E-state index contributed by atoms with van der Waals surface area (Å²) in [4.78, 5) is 28.6. The monoisotopic (exact) mass is 487 g/mol. The third-order valence-corrected chi connectivity index (χ3v) is 6.30. The van der Waals surface area contributed by atoms with Crippen molar-refractivity contribution in [2.75, 3.05) is 11.9 Å². The van der Waals surface area contributed by atoms with Crippen LogP contribution in [0, 0.1) is 13.8 Å². The van der Waals surface area contributed by atoms with Crippen LogP contribution in [0.25, 0.3) is 0 Å². The topological polar surface area (TPSA) is 114 Å². The van der Waals surface area contributed by atoms with Crippen LogP contribution in [0.15, 0.2) is 29.2 Å². The number of esters is 1. The number of hydrogen-bond donors (Lipinski definition) is 2. The molecule has 1 heterocycles. The highest BCUT2D eigenvalue weighted by Crippen LogP contribution is 2.25. The maximum absolute atomic E-state index is 12.5. The molecule has 0 bridgehead atoms. The molecular formula is C20H23Cl2N3O5S. The number of hydrogen-bond acceptors (Lipinski definition) is 6. The lowest BCUT2D eigenvalue weighted by Crippen LogP contribution is -2.40. The fourth-order valence-corrected chi connectivity index (χ4v) is 4.32. The highest BCUT2D eigenvalue weighted by Gasteiger charge is 2.24. The second kappa shape index (κ2) is 9.52. The van der Waals surface area contributed by atoms with E-state index in [0.29, 0.717) is 16.3 Å². The highest BCUT2D eigenvalue weighted by atomic mass is 35.5. The maximum Gasteiger partial charge on any atom is 0.338 e. The number of carbonyl (C=O) groups is 2. The smallest absolute Gasteiger partial charge is 0.338 e. The number of carbonyl (C=O) groups excluding carboxylic acids is 2. The van der Waals surface area contributed by atoms with Gasteiger partial charge in [-0.3, -0.25) is 4.79 Å². The summed E-state index contributed by atoms with van der Waals surface area (Å²) in [6.07, 6.45) is 0. The van der Waals surface area contributed by atoms with E-state index >= 15 is 0 Å². The van der Waals surface area contributed by atoms with E-state index in [4.69, 9.17) is 27.9 Å². The molecule has 1 amide bonds. The minimum Gasteiger partial charge on any atom is -0.452 e. The van der Waals surface area contributed by atoms with Crippen LogP contribution in [-0.2, 0) is 19.6 Å². The minimum atomic E-state index is -3.85. The predicted molar refractivity (Wildman–Crippen MR) is 119 cm³/mol. The summed E-state index contributed by atoms with van der Waals surface area (Å²) in [5, 5.41) is 2.92. The lowest BCUT2D eigenvalue weighted by Gasteiger charge is -2.20. The van der Waals surface area contributed by atoms with Crippen molar-refractivity contribution in [1.29, 1.82) is 0 Å². The Kier molecular flexibility index (Phi) is 7.70. The zero-order valence-electron chi connectivity index (χ0n) is 17.7. The van der Waals surface area contributed by atoms with Gasteiger partial charge in [0.2, 0.25) is 10.0 Å². The molecule has 2 aromatic rings. The van der Waals surface area contributed by atoms with Crippen molar-refractivity contribution in [2.24, 2.45) is 0 Å². The number of nitrogens with zero attached hydrogens (tertiary/aromatic N) is 1. The molecule has 0 spiro atoms. The van der Waals surface area contributed by atoms with E-state index in [2.05, 4.69) is 15.0 Å². The number of anilines is 1. The lowest BCUT2D eigenvalue weighted by molar-refractivity contribution is -0.119. The number of halogens is 2. The predicted octanol–water partition coefficient (Wildman–Crippen LogP) is 3.88. The molecule has 0 aliphatic carbocycles. The Bertz CT molecular complexity index is 1130. The Labute approximate surface area is 191 Å². The van der Waals surface area contributed by atoms with Gasteiger partial charge in [-0.05, 0) is 58.4 Å². The fraction of sp³-hybridized carbons (Fsp3) is 0.350. The van der Waals surface area contributed by atoms with E-state index in [1.165, 1.54) is 24.3 Å². The largest absolute Gasteiger partial charge is 0.452 e. The van der Waals surface area contributed by atoms with Gasteiger partial charge in [-0.2, -0.15) is 0 Å². The standard InChI is InChI=1S/C20H23Cl2N3O5S/c1-11-6-7-13(31(28,29)25-20(3,4)5)8-14(11)19(27)30-10-17(26)24-18-16(22)9-15(21)12(2)23-18/h6-9,25H,10H2,1-5H3,(H,23,24,26). The van der Waals surface area contributed by atoms with Crippen molar-refractivity contribution < 1.29 is 22.7 Å². The SMILES string of the molecule is Cc1ccc(S(=O)(=O)NC(C)(C)C)cc1C(=O)OCC(=O)Nc1nc(C)c(Cl)cc1Cl. The van der Waals surface area contributed by atoms with Gasteiger partial charge in [0, 0.05) is 5.54 Å². The van der Waals surface area contributed by atoms with E-state index in [9.17, 15) is 18.0 Å². The van der Waals surface area contributed by atoms with Crippen molar-refractivity contribution in [3.63, 3.8) is 0 Å². The average Bonchev–Trinajstić information content (AvgIpc) is 2.62. The number of amides is 1. The number of nitrogens with one attached hydrogen (secondary N) is 2. The van der Waals surface area contributed by atoms with Crippen LogP contribution in [0.1, 0.15) is 42.4 Å². The number of aryl methyl sites for hydroxylation is 2. The van der Waals surface area contributed by atoms with Crippen LogP contribution in [0.2, 0.25) is 10.0 Å². The molecule has 1 aromatic carbocycles. The average molecular weight is 488 g/mol. The summed E-state index contributed by atoms with van der Waals surface area (Å²) in [7, 11) is -3.85. The van der Waals surface area contributed by atoms with Gasteiger partial charge in [-0.1, -0.05) is 29.3 Å². The molecule has 0 saturated carbocycles. The molecule has 0 radical (unpaired) electrons.